The average molecular weight is 384 g/mol. The molecule has 0 unspecified atom stereocenters. The predicted octanol–water partition coefficient (Wildman–Crippen LogP) is 3.25. The van der Waals surface area contributed by atoms with Crippen LogP contribution in [0.1, 0.15) is 32.1 Å². The quantitative estimate of drug-likeness (QED) is 0.375. The number of benzene rings is 3. The van der Waals surface area contributed by atoms with Crippen LogP contribution in [-0.4, -0.2) is 32.0 Å². The maximum Gasteiger partial charge on any atom is 0.338 e. The van der Waals surface area contributed by atoms with Crippen molar-refractivity contribution in [3.05, 3.63) is 107 Å². The van der Waals surface area contributed by atoms with Gasteiger partial charge in [0.25, 0.3) is 0 Å². The SMILES string of the molecule is O=C(OCc1nnnn1-c1ccccc1)c1ccc(C(=O)c2ccccc2)cc1. The van der Waals surface area contributed by atoms with E-state index in [1.165, 1.54) is 4.68 Å². The van der Waals surface area contributed by atoms with E-state index in [1.807, 2.05) is 48.5 Å². The summed E-state index contributed by atoms with van der Waals surface area (Å²) in [7, 11) is 0. The Hall–Kier alpha value is -4.13. The number of rotatable bonds is 6. The Labute approximate surface area is 166 Å². The number of hydrogen-bond acceptors (Lipinski definition) is 6. The molecule has 0 aliphatic rings. The van der Waals surface area contributed by atoms with Crippen LogP contribution in [0.25, 0.3) is 5.69 Å². The molecule has 142 valence electrons. The fourth-order valence-corrected chi connectivity index (χ4v) is 2.79. The Morgan fingerprint density at radius 1 is 0.759 bits per heavy atom. The van der Waals surface area contributed by atoms with E-state index in [-0.39, 0.29) is 12.4 Å². The normalized spacial score (nSPS) is 10.5. The van der Waals surface area contributed by atoms with E-state index in [4.69, 9.17) is 4.74 Å². The lowest BCUT2D eigenvalue weighted by Gasteiger charge is -2.07. The monoisotopic (exact) mass is 384 g/mol. The van der Waals surface area contributed by atoms with Crippen molar-refractivity contribution in [2.45, 2.75) is 6.61 Å². The molecule has 0 atom stereocenters. The Kier molecular flexibility index (Phi) is 5.20. The fourth-order valence-electron chi connectivity index (χ4n) is 2.79. The van der Waals surface area contributed by atoms with Crippen LogP contribution in [0.3, 0.4) is 0 Å². The summed E-state index contributed by atoms with van der Waals surface area (Å²) in [5.41, 5.74) is 2.21. The minimum absolute atomic E-state index is 0.0780. The number of aromatic nitrogens is 4. The van der Waals surface area contributed by atoms with Gasteiger partial charge in [0.05, 0.1) is 11.3 Å². The lowest BCUT2D eigenvalue weighted by Crippen LogP contribution is -2.10. The summed E-state index contributed by atoms with van der Waals surface area (Å²) in [6.07, 6.45) is 0. The largest absolute Gasteiger partial charge is 0.454 e. The van der Waals surface area contributed by atoms with Crippen molar-refractivity contribution >= 4 is 11.8 Å². The molecular weight excluding hydrogens is 368 g/mol. The summed E-state index contributed by atoms with van der Waals surface area (Å²) >= 11 is 0. The molecule has 0 fully saturated rings. The average Bonchev–Trinajstić information content (AvgIpc) is 3.27. The molecule has 1 aromatic heterocycles. The number of hydrogen-bond donors (Lipinski definition) is 0. The van der Waals surface area contributed by atoms with Crippen molar-refractivity contribution in [1.82, 2.24) is 20.2 Å². The van der Waals surface area contributed by atoms with Gasteiger partial charge < -0.3 is 4.74 Å². The van der Waals surface area contributed by atoms with Crippen LogP contribution in [-0.2, 0) is 11.3 Å². The summed E-state index contributed by atoms with van der Waals surface area (Å²) in [6.45, 7) is -0.0780. The standard InChI is InChI=1S/C22H16N4O3/c27-21(16-7-3-1-4-8-16)17-11-13-18(14-12-17)22(28)29-15-20-23-24-25-26(20)19-9-5-2-6-10-19/h1-14H,15H2. The maximum absolute atomic E-state index is 12.4. The molecule has 0 aliphatic carbocycles. The van der Waals surface area contributed by atoms with Crippen molar-refractivity contribution in [3.63, 3.8) is 0 Å². The van der Waals surface area contributed by atoms with Crippen molar-refractivity contribution in [2.75, 3.05) is 0 Å². The highest BCUT2D eigenvalue weighted by Crippen LogP contribution is 2.13. The molecule has 0 saturated carbocycles. The second kappa shape index (κ2) is 8.26. The number of esters is 1. The van der Waals surface area contributed by atoms with E-state index in [9.17, 15) is 9.59 Å². The Bertz CT molecular complexity index is 1120. The number of carbonyl (C=O) groups excluding carboxylic acids is 2. The Morgan fingerprint density at radius 3 is 2.03 bits per heavy atom. The summed E-state index contributed by atoms with van der Waals surface area (Å²) in [5.74, 6) is -0.223. The first kappa shape index (κ1) is 18.2. The molecule has 4 rings (SSSR count). The Balaban J connectivity index is 1.42. The van der Waals surface area contributed by atoms with Crippen LogP contribution in [0.15, 0.2) is 84.9 Å². The second-order valence-corrected chi connectivity index (χ2v) is 6.19. The molecule has 4 aromatic rings. The van der Waals surface area contributed by atoms with Crippen molar-refractivity contribution in [3.8, 4) is 5.69 Å². The van der Waals surface area contributed by atoms with Crippen molar-refractivity contribution in [2.24, 2.45) is 0 Å². The number of para-hydroxylation sites is 1. The van der Waals surface area contributed by atoms with Gasteiger partial charge in [0.1, 0.15) is 0 Å². The molecular formula is C22H16N4O3. The first-order valence-corrected chi connectivity index (χ1v) is 8.92. The topological polar surface area (TPSA) is 87.0 Å². The summed E-state index contributed by atoms with van der Waals surface area (Å²) in [4.78, 5) is 24.8. The summed E-state index contributed by atoms with van der Waals surface area (Å²) in [5, 5.41) is 11.5. The molecule has 1 heterocycles. The van der Waals surface area contributed by atoms with E-state index in [1.54, 1.807) is 36.4 Å². The van der Waals surface area contributed by atoms with Gasteiger partial charge in [0, 0.05) is 11.1 Å². The Morgan fingerprint density at radius 2 is 1.34 bits per heavy atom. The highest BCUT2D eigenvalue weighted by molar-refractivity contribution is 6.09. The van der Waals surface area contributed by atoms with Crippen molar-refractivity contribution in [1.29, 1.82) is 0 Å². The van der Waals surface area contributed by atoms with Crippen molar-refractivity contribution < 1.29 is 14.3 Å². The first-order valence-electron chi connectivity index (χ1n) is 8.92. The van der Waals surface area contributed by atoms with Gasteiger partial charge >= 0.3 is 5.97 Å². The van der Waals surface area contributed by atoms with Crippen LogP contribution in [0.5, 0.6) is 0 Å². The first-order chi connectivity index (χ1) is 14.2. The van der Waals surface area contributed by atoms with Crippen LogP contribution >= 0.6 is 0 Å². The van der Waals surface area contributed by atoms with Gasteiger partial charge in [-0.1, -0.05) is 60.7 Å². The molecule has 0 spiro atoms. The van der Waals surface area contributed by atoms with E-state index in [0.717, 1.165) is 5.69 Å². The van der Waals surface area contributed by atoms with Gasteiger partial charge in [-0.3, -0.25) is 4.79 Å². The molecule has 0 saturated heterocycles. The van der Waals surface area contributed by atoms with Gasteiger partial charge in [-0.2, -0.15) is 4.68 Å². The van der Waals surface area contributed by atoms with Crippen LogP contribution < -0.4 is 0 Å². The maximum atomic E-state index is 12.4. The zero-order valence-corrected chi connectivity index (χ0v) is 15.3. The third kappa shape index (κ3) is 4.08. The van der Waals surface area contributed by atoms with Gasteiger partial charge in [-0.15, -0.1) is 5.10 Å². The molecule has 7 nitrogen and oxygen atoms in total. The highest BCUT2D eigenvalue weighted by Gasteiger charge is 2.14. The van der Waals surface area contributed by atoms with E-state index in [2.05, 4.69) is 15.5 Å². The molecule has 7 heteroatoms. The molecule has 0 amide bonds. The van der Waals surface area contributed by atoms with E-state index >= 15 is 0 Å². The summed E-state index contributed by atoms with van der Waals surface area (Å²) < 4.78 is 6.84. The number of ether oxygens (including phenoxy) is 1. The number of carbonyl (C=O) groups is 2. The third-order valence-corrected chi connectivity index (χ3v) is 4.29. The molecule has 3 aromatic carbocycles. The van der Waals surface area contributed by atoms with Gasteiger partial charge in [-0.25, -0.2) is 4.79 Å². The minimum Gasteiger partial charge on any atom is -0.454 e. The lowest BCUT2D eigenvalue weighted by atomic mass is 10.0. The number of tetrazole rings is 1. The number of nitrogens with zero attached hydrogens (tertiary/aromatic N) is 4. The fraction of sp³-hybridized carbons (Fsp3) is 0.0455. The third-order valence-electron chi connectivity index (χ3n) is 4.29. The number of ketones is 1. The second-order valence-electron chi connectivity index (χ2n) is 6.19. The van der Waals surface area contributed by atoms with Crippen LogP contribution in [0, 0.1) is 0 Å². The predicted molar refractivity (Wildman–Crippen MR) is 105 cm³/mol. The van der Waals surface area contributed by atoms with Crippen LogP contribution in [0.2, 0.25) is 0 Å². The minimum atomic E-state index is -0.522. The summed E-state index contributed by atoms with van der Waals surface area (Å²) in [6, 6.07) is 24.7. The molecule has 29 heavy (non-hydrogen) atoms. The molecule has 0 bridgehead atoms. The smallest absolute Gasteiger partial charge is 0.338 e. The zero-order valence-electron chi connectivity index (χ0n) is 15.3. The van der Waals surface area contributed by atoms with Gasteiger partial charge in [-0.05, 0) is 34.7 Å². The van der Waals surface area contributed by atoms with Gasteiger partial charge in [0.2, 0.25) is 0 Å². The van der Waals surface area contributed by atoms with E-state index < -0.39 is 5.97 Å². The molecule has 0 aliphatic heterocycles. The lowest BCUT2D eigenvalue weighted by molar-refractivity contribution is 0.0459. The van der Waals surface area contributed by atoms with Gasteiger partial charge in [0.15, 0.2) is 18.2 Å². The zero-order chi connectivity index (χ0) is 20.1. The molecule has 0 N–H and O–H groups in total. The molecule has 0 radical (unpaired) electrons. The van der Waals surface area contributed by atoms with E-state index in [0.29, 0.717) is 22.5 Å². The van der Waals surface area contributed by atoms with Crippen LogP contribution in [0.4, 0.5) is 0 Å². The highest BCUT2D eigenvalue weighted by atomic mass is 16.5.